The standard InChI is InChI=1S/C39H45FN10O5/c1-41-28-21-33(47-50-32(22-43-35(28)50)38(54)45-27-20-25(27)40)44-26-13-9-8-12-24(26)36(52)42-18-10-6-4-3-5-7-11-23-14-15-29-31(19-23)48(2)39(55)49(29)30-16-17-34(51)46-37(30)53/h8-9,12-15,19,21-22,25,27,30,41H,3-7,10-11,16-18,20H2,1-2H3,(H,42,52)(H,44,47)(H,45,54)(H,46,51,53)/t25-,27+,30?/m0/s1. The van der Waals surface area contributed by atoms with E-state index in [1.165, 1.54) is 15.3 Å². The topological polar surface area (TPSA) is 186 Å². The molecule has 2 aliphatic rings. The molecule has 1 saturated heterocycles. The summed E-state index contributed by atoms with van der Waals surface area (Å²) in [5, 5.41) is 18.9. The number of fused-ring (bicyclic) bond motifs is 2. The highest BCUT2D eigenvalue weighted by atomic mass is 19.1. The molecule has 4 heterocycles. The molecule has 288 valence electrons. The van der Waals surface area contributed by atoms with Gasteiger partial charge in [0, 0.05) is 39.5 Å². The number of nitrogens with zero attached hydrogens (tertiary/aromatic N) is 5. The number of aryl methyl sites for hydroxylation is 2. The summed E-state index contributed by atoms with van der Waals surface area (Å²) < 4.78 is 17.9. The molecule has 0 radical (unpaired) electrons. The second-order valence-electron chi connectivity index (χ2n) is 14.2. The van der Waals surface area contributed by atoms with Gasteiger partial charge in [0.2, 0.25) is 11.8 Å². The third-order valence-corrected chi connectivity index (χ3v) is 10.3. The second-order valence-corrected chi connectivity index (χ2v) is 14.2. The van der Waals surface area contributed by atoms with E-state index in [1.807, 2.05) is 24.3 Å². The van der Waals surface area contributed by atoms with Gasteiger partial charge in [0.1, 0.15) is 12.2 Å². The van der Waals surface area contributed by atoms with Crippen LogP contribution in [0.1, 0.15) is 90.2 Å². The molecule has 1 aliphatic heterocycles. The number of carbonyl (C=O) groups excluding carboxylic acids is 4. The van der Waals surface area contributed by atoms with E-state index in [4.69, 9.17) is 0 Å². The predicted octanol–water partition coefficient (Wildman–Crippen LogP) is 4.30. The molecule has 4 amide bonds. The Labute approximate surface area is 316 Å². The molecule has 2 fully saturated rings. The van der Waals surface area contributed by atoms with Crippen molar-refractivity contribution in [1.82, 2.24) is 39.7 Å². The first-order valence-corrected chi connectivity index (χ1v) is 18.8. The van der Waals surface area contributed by atoms with Gasteiger partial charge in [0.15, 0.2) is 17.2 Å². The Morgan fingerprint density at radius 1 is 0.945 bits per heavy atom. The highest BCUT2D eigenvalue weighted by Crippen LogP contribution is 2.28. The quantitative estimate of drug-likeness (QED) is 0.0724. The van der Waals surface area contributed by atoms with Crippen LogP contribution in [0, 0.1) is 0 Å². The number of imide groups is 1. The van der Waals surface area contributed by atoms with Gasteiger partial charge in [-0.25, -0.2) is 18.7 Å². The molecule has 16 heteroatoms. The van der Waals surface area contributed by atoms with Crippen LogP contribution in [0.4, 0.5) is 21.6 Å². The molecule has 3 atom stereocenters. The Balaban J connectivity index is 0.860. The maximum absolute atomic E-state index is 13.4. The Bertz CT molecular complexity index is 2330. The van der Waals surface area contributed by atoms with Gasteiger partial charge in [0.25, 0.3) is 11.8 Å². The molecular formula is C39H45FN10O5. The molecule has 1 saturated carbocycles. The highest BCUT2D eigenvalue weighted by molar-refractivity contribution is 6.01. The average Bonchev–Trinajstić information content (AvgIpc) is 3.59. The van der Waals surface area contributed by atoms with Crippen molar-refractivity contribution in [1.29, 1.82) is 0 Å². The van der Waals surface area contributed by atoms with Crippen LogP contribution in [-0.4, -0.2) is 73.2 Å². The monoisotopic (exact) mass is 752 g/mol. The summed E-state index contributed by atoms with van der Waals surface area (Å²) in [6.45, 7) is 0.534. The minimum atomic E-state index is -1.04. The van der Waals surface area contributed by atoms with E-state index >= 15 is 0 Å². The summed E-state index contributed by atoms with van der Waals surface area (Å²) in [5.74, 6) is -1.05. The molecule has 1 unspecified atom stereocenters. The number of amides is 4. The Kier molecular flexibility index (Phi) is 10.9. The maximum Gasteiger partial charge on any atom is 0.329 e. The van der Waals surface area contributed by atoms with Crippen LogP contribution in [0.5, 0.6) is 0 Å². The van der Waals surface area contributed by atoms with Crippen molar-refractivity contribution in [2.75, 3.05) is 24.2 Å². The summed E-state index contributed by atoms with van der Waals surface area (Å²) in [4.78, 5) is 67.5. The van der Waals surface area contributed by atoms with Crippen LogP contribution in [0.2, 0.25) is 0 Å². The van der Waals surface area contributed by atoms with Crippen LogP contribution in [0.3, 0.4) is 0 Å². The van der Waals surface area contributed by atoms with Crippen molar-refractivity contribution >= 4 is 57.5 Å². The Morgan fingerprint density at radius 3 is 2.47 bits per heavy atom. The van der Waals surface area contributed by atoms with E-state index in [1.54, 1.807) is 42.9 Å². The van der Waals surface area contributed by atoms with E-state index in [-0.39, 0.29) is 29.6 Å². The molecule has 5 N–H and O–H groups in total. The van der Waals surface area contributed by atoms with Gasteiger partial charge >= 0.3 is 5.69 Å². The molecular weight excluding hydrogens is 707 g/mol. The number of unbranched alkanes of at least 4 members (excludes halogenated alkanes) is 5. The fourth-order valence-electron chi connectivity index (χ4n) is 7.10. The van der Waals surface area contributed by atoms with E-state index in [2.05, 4.69) is 36.7 Å². The number of piperidine rings is 1. The second kappa shape index (κ2) is 16.1. The third kappa shape index (κ3) is 8.07. The van der Waals surface area contributed by atoms with E-state index in [0.717, 1.165) is 56.0 Å². The normalized spacial score (nSPS) is 18.0. The van der Waals surface area contributed by atoms with Crippen LogP contribution in [0.15, 0.2) is 59.5 Å². The molecule has 1 aliphatic carbocycles. The number of imidazole rings is 2. The lowest BCUT2D eigenvalue weighted by atomic mass is 10.0. The maximum atomic E-state index is 13.4. The zero-order valence-electron chi connectivity index (χ0n) is 30.9. The van der Waals surface area contributed by atoms with Crippen molar-refractivity contribution in [2.24, 2.45) is 7.05 Å². The number of rotatable bonds is 16. The Morgan fingerprint density at radius 2 is 1.71 bits per heavy atom. The fourth-order valence-corrected chi connectivity index (χ4v) is 7.10. The highest BCUT2D eigenvalue weighted by Gasteiger charge is 2.39. The number of hydrogen-bond donors (Lipinski definition) is 5. The largest absolute Gasteiger partial charge is 0.385 e. The van der Waals surface area contributed by atoms with Gasteiger partial charge in [-0.15, -0.1) is 5.10 Å². The van der Waals surface area contributed by atoms with Crippen molar-refractivity contribution in [3.8, 4) is 0 Å². The molecule has 5 aromatic rings. The molecule has 7 rings (SSSR count). The molecule has 3 aromatic heterocycles. The summed E-state index contributed by atoms with van der Waals surface area (Å²) in [7, 11) is 3.43. The summed E-state index contributed by atoms with van der Waals surface area (Å²) in [6.07, 6.45) is 8.03. The van der Waals surface area contributed by atoms with Gasteiger partial charge in [-0.1, -0.05) is 43.9 Å². The van der Waals surface area contributed by atoms with E-state index in [9.17, 15) is 28.4 Å². The molecule has 0 spiro atoms. The van der Waals surface area contributed by atoms with Gasteiger partial charge < -0.3 is 21.3 Å². The summed E-state index contributed by atoms with van der Waals surface area (Å²) >= 11 is 0. The summed E-state index contributed by atoms with van der Waals surface area (Å²) in [5.41, 5.74) is 4.54. The SMILES string of the molecule is CNc1cc(Nc2ccccc2C(=O)NCCCCCCCCc2ccc3c(c2)n(C)c(=O)n3C2CCC(=O)NC2=O)nn2c(C(=O)N[C@@H]3C[C@@H]3F)cnc12. The van der Waals surface area contributed by atoms with Gasteiger partial charge in [-0.05, 0) is 55.5 Å². The molecule has 15 nitrogen and oxygen atoms in total. The summed E-state index contributed by atoms with van der Waals surface area (Å²) in [6, 6.07) is 13.6. The number of aromatic nitrogens is 5. The first-order chi connectivity index (χ1) is 26.6. The fraction of sp³-hybridized carbons (Fsp3) is 0.410. The number of nitrogens with one attached hydrogen (secondary N) is 5. The van der Waals surface area contributed by atoms with Gasteiger partial charge in [-0.3, -0.25) is 33.6 Å². The number of halogens is 1. The van der Waals surface area contributed by atoms with Crippen molar-refractivity contribution in [3.05, 3.63) is 82.0 Å². The zero-order chi connectivity index (χ0) is 38.6. The predicted molar refractivity (Wildman–Crippen MR) is 205 cm³/mol. The van der Waals surface area contributed by atoms with Crippen LogP contribution in [0.25, 0.3) is 16.7 Å². The van der Waals surface area contributed by atoms with Crippen LogP contribution in [-0.2, 0) is 23.1 Å². The zero-order valence-corrected chi connectivity index (χ0v) is 30.9. The lowest BCUT2D eigenvalue weighted by Gasteiger charge is -2.21. The van der Waals surface area contributed by atoms with Crippen molar-refractivity contribution in [2.45, 2.75) is 82.5 Å². The first kappa shape index (κ1) is 37.3. The molecule has 2 aromatic carbocycles. The van der Waals surface area contributed by atoms with Gasteiger partial charge in [0.05, 0.1) is 40.2 Å². The lowest BCUT2D eigenvalue weighted by Crippen LogP contribution is -2.44. The van der Waals surface area contributed by atoms with Gasteiger partial charge in [-0.2, -0.15) is 0 Å². The average molecular weight is 753 g/mol. The third-order valence-electron chi connectivity index (χ3n) is 10.3. The Hall–Kier alpha value is -6.06. The number of alkyl halides is 1. The molecule has 0 bridgehead atoms. The number of hydrogen-bond acceptors (Lipinski definition) is 9. The van der Waals surface area contributed by atoms with E-state index in [0.29, 0.717) is 53.3 Å². The van der Waals surface area contributed by atoms with Crippen LogP contribution >= 0.6 is 0 Å². The molecule has 55 heavy (non-hydrogen) atoms. The van der Waals surface area contributed by atoms with Crippen molar-refractivity contribution in [3.63, 3.8) is 0 Å². The lowest BCUT2D eigenvalue weighted by molar-refractivity contribution is -0.135. The number of benzene rings is 2. The first-order valence-electron chi connectivity index (χ1n) is 18.8. The minimum absolute atomic E-state index is 0.174. The smallest absolute Gasteiger partial charge is 0.329 e. The minimum Gasteiger partial charge on any atom is -0.385 e. The van der Waals surface area contributed by atoms with Crippen LogP contribution < -0.4 is 32.3 Å². The van der Waals surface area contributed by atoms with E-state index < -0.39 is 30.1 Å². The number of anilines is 3. The number of para-hydroxylation sites is 1. The van der Waals surface area contributed by atoms with Crippen molar-refractivity contribution < 1.29 is 23.6 Å². The number of carbonyl (C=O) groups is 4.